The van der Waals surface area contributed by atoms with Crippen LogP contribution in [0.3, 0.4) is 0 Å². The van der Waals surface area contributed by atoms with Crippen LogP contribution in [0, 0.1) is 0 Å². The van der Waals surface area contributed by atoms with Gasteiger partial charge in [0.15, 0.2) is 18.1 Å². The van der Waals surface area contributed by atoms with Gasteiger partial charge < -0.3 is 19.1 Å². The zero-order chi connectivity index (χ0) is 27.3. The number of anilines is 2. The molecule has 1 aliphatic rings. The Labute approximate surface area is 221 Å². The van der Waals surface area contributed by atoms with Gasteiger partial charge in [-0.05, 0) is 54.0 Å². The van der Waals surface area contributed by atoms with E-state index in [1.807, 2.05) is 18.2 Å². The summed E-state index contributed by atoms with van der Waals surface area (Å²) in [5.74, 6) is -0.907. The van der Waals surface area contributed by atoms with Gasteiger partial charge >= 0.3 is 5.97 Å². The van der Waals surface area contributed by atoms with Gasteiger partial charge in [0.1, 0.15) is 4.90 Å². The van der Waals surface area contributed by atoms with Crippen molar-refractivity contribution < 1.29 is 32.2 Å². The first-order valence-electron chi connectivity index (χ1n) is 11.8. The Morgan fingerprint density at radius 2 is 1.71 bits per heavy atom. The smallest absolute Gasteiger partial charge is 0.331 e. The number of amides is 1. The molecule has 9 nitrogen and oxygen atoms in total. The summed E-state index contributed by atoms with van der Waals surface area (Å²) in [5, 5.41) is 0. The van der Waals surface area contributed by atoms with Gasteiger partial charge in [0.25, 0.3) is 15.9 Å². The van der Waals surface area contributed by atoms with Gasteiger partial charge in [-0.3, -0.25) is 9.10 Å². The number of fused-ring (bicyclic) bond motifs is 1. The summed E-state index contributed by atoms with van der Waals surface area (Å²) in [5.41, 5.74) is 2.60. The summed E-state index contributed by atoms with van der Waals surface area (Å²) in [6.07, 6.45) is 3.11. The van der Waals surface area contributed by atoms with E-state index >= 15 is 0 Å². The predicted octanol–water partition coefficient (Wildman–Crippen LogP) is 3.67. The number of para-hydroxylation sites is 2. The normalized spacial score (nSPS) is 12.8. The second-order valence-electron chi connectivity index (χ2n) is 8.44. The van der Waals surface area contributed by atoms with Crippen molar-refractivity contribution in [2.75, 3.05) is 43.6 Å². The molecule has 0 bridgehead atoms. The number of esters is 1. The number of nitrogens with zero attached hydrogens (tertiary/aromatic N) is 2. The van der Waals surface area contributed by atoms with Gasteiger partial charge in [-0.25, -0.2) is 13.2 Å². The van der Waals surface area contributed by atoms with Crippen LogP contribution >= 0.6 is 0 Å². The highest BCUT2D eigenvalue weighted by Crippen LogP contribution is 2.40. The van der Waals surface area contributed by atoms with Gasteiger partial charge in [-0.2, -0.15) is 0 Å². The van der Waals surface area contributed by atoms with Crippen LogP contribution in [-0.4, -0.2) is 54.7 Å². The van der Waals surface area contributed by atoms with Crippen molar-refractivity contribution in [1.82, 2.24) is 0 Å². The maximum Gasteiger partial charge on any atom is 0.331 e. The molecule has 0 unspecified atom stereocenters. The molecule has 3 aromatic rings. The number of ether oxygens (including phenoxy) is 3. The standard InChI is InChI=1S/C28H28N2O7S/c1-29(22-10-5-4-6-11-22)26(31)19-37-27(32)14-13-20-17-24(35-2)28(36-3)25(18-20)38(33,34)30-16-15-21-9-7-8-12-23(21)30/h4-14,17-18H,15-16,19H2,1-3H3. The van der Waals surface area contributed by atoms with Crippen molar-refractivity contribution in [3.8, 4) is 11.5 Å². The summed E-state index contributed by atoms with van der Waals surface area (Å²) in [7, 11) is 0.336. The molecule has 0 saturated heterocycles. The van der Waals surface area contributed by atoms with Crippen molar-refractivity contribution in [2.24, 2.45) is 0 Å². The minimum absolute atomic E-state index is 0.0613. The van der Waals surface area contributed by atoms with Gasteiger partial charge in [0.05, 0.1) is 19.9 Å². The molecular weight excluding hydrogens is 508 g/mol. The number of sulfonamides is 1. The maximum absolute atomic E-state index is 13.7. The maximum atomic E-state index is 13.7. The highest BCUT2D eigenvalue weighted by Gasteiger charge is 2.34. The Balaban J connectivity index is 1.54. The molecule has 0 atom stereocenters. The fourth-order valence-corrected chi connectivity index (χ4v) is 5.86. The quantitative estimate of drug-likeness (QED) is 0.304. The van der Waals surface area contributed by atoms with Crippen LogP contribution in [0.15, 0.2) is 77.7 Å². The molecule has 10 heteroatoms. The molecule has 0 radical (unpaired) electrons. The lowest BCUT2D eigenvalue weighted by Crippen LogP contribution is -2.30. The molecule has 1 aliphatic heterocycles. The van der Waals surface area contributed by atoms with Crippen LogP contribution in [0.25, 0.3) is 6.08 Å². The van der Waals surface area contributed by atoms with Crippen LogP contribution < -0.4 is 18.7 Å². The zero-order valence-corrected chi connectivity index (χ0v) is 22.1. The third-order valence-corrected chi connectivity index (χ3v) is 7.97. The third kappa shape index (κ3) is 5.50. The predicted molar refractivity (Wildman–Crippen MR) is 144 cm³/mol. The van der Waals surface area contributed by atoms with Gasteiger partial charge in [-0.15, -0.1) is 0 Å². The Bertz CT molecular complexity index is 1470. The number of hydrogen-bond donors (Lipinski definition) is 0. The SMILES string of the molecule is COc1cc(C=CC(=O)OCC(=O)N(C)c2ccccc2)cc(S(=O)(=O)N2CCc3ccccc32)c1OC. The van der Waals surface area contributed by atoms with Crippen molar-refractivity contribution >= 4 is 39.4 Å². The van der Waals surface area contributed by atoms with Gasteiger partial charge in [0.2, 0.25) is 0 Å². The molecule has 38 heavy (non-hydrogen) atoms. The number of carbonyl (C=O) groups excluding carboxylic acids is 2. The van der Waals surface area contributed by atoms with E-state index in [9.17, 15) is 18.0 Å². The van der Waals surface area contributed by atoms with Crippen molar-refractivity contribution in [2.45, 2.75) is 11.3 Å². The molecule has 0 fully saturated rings. The molecule has 0 N–H and O–H groups in total. The molecule has 0 spiro atoms. The number of benzene rings is 3. The Morgan fingerprint density at radius 1 is 1.00 bits per heavy atom. The van der Waals surface area contributed by atoms with E-state index in [2.05, 4.69) is 0 Å². The molecule has 3 aromatic carbocycles. The molecule has 1 heterocycles. The lowest BCUT2D eigenvalue weighted by atomic mass is 10.2. The van der Waals surface area contributed by atoms with Gasteiger partial charge in [-0.1, -0.05) is 36.4 Å². The first-order chi connectivity index (χ1) is 18.3. The minimum Gasteiger partial charge on any atom is -0.493 e. The third-order valence-electron chi connectivity index (χ3n) is 6.15. The Hall–Kier alpha value is -4.31. The first-order valence-corrected chi connectivity index (χ1v) is 13.2. The number of rotatable bonds is 9. The van der Waals surface area contributed by atoms with Gasteiger partial charge in [0, 0.05) is 25.4 Å². The van der Waals surface area contributed by atoms with E-state index in [1.54, 1.807) is 49.5 Å². The molecular formula is C28H28N2O7S. The molecule has 0 aliphatic carbocycles. The number of likely N-dealkylation sites (N-methyl/N-ethyl adjacent to an activating group) is 1. The lowest BCUT2D eigenvalue weighted by molar-refractivity contribution is -0.142. The second-order valence-corrected chi connectivity index (χ2v) is 10.3. The van der Waals surface area contributed by atoms with E-state index < -0.39 is 28.5 Å². The molecule has 1 amide bonds. The fraction of sp³-hybridized carbons (Fsp3) is 0.214. The monoisotopic (exact) mass is 536 g/mol. The number of hydrogen-bond acceptors (Lipinski definition) is 7. The molecule has 4 rings (SSSR count). The molecule has 0 aromatic heterocycles. The highest BCUT2D eigenvalue weighted by atomic mass is 32.2. The average molecular weight is 537 g/mol. The van der Waals surface area contributed by atoms with E-state index in [1.165, 1.54) is 35.6 Å². The van der Waals surface area contributed by atoms with E-state index in [0.29, 0.717) is 29.9 Å². The van der Waals surface area contributed by atoms with Crippen LogP contribution in [0.5, 0.6) is 11.5 Å². The summed E-state index contributed by atoms with van der Waals surface area (Å²) in [4.78, 5) is 26.0. The van der Waals surface area contributed by atoms with E-state index in [4.69, 9.17) is 14.2 Å². The first kappa shape index (κ1) is 26.7. The second kappa shape index (κ2) is 11.4. The zero-order valence-electron chi connectivity index (χ0n) is 21.3. The van der Waals surface area contributed by atoms with Crippen molar-refractivity contribution in [3.63, 3.8) is 0 Å². The highest BCUT2D eigenvalue weighted by molar-refractivity contribution is 7.93. The van der Waals surface area contributed by atoms with Crippen LogP contribution in [-0.2, 0) is 30.8 Å². The van der Waals surface area contributed by atoms with Crippen molar-refractivity contribution in [1.29, 1.82) is 0 Å². The van der Waals surface area contributed by atoms with Crippen LogP contribution in [0.1, 0.15) is 11.1 Å². The summed E-state index contributed by atoms with van der Waals surface area (Å²) in [6.45, 7) is -0.153. The largest absolute Gasteiger partial charge is 0.493 e. The Kier molecular flexibility index (Phi) is 8.02. The summed E-state index contributed by atoms with van der Waals surface area (Å²) < 4.78 is 44.7. The Morgan fingerprint density at radius 3 is 2.42 bits per heavy atom. The number of methoxy groups -OCH3 is 2. The number of carbonyl (C=O) groups is 2. The topological polar surface area (TPSA) is 102 Å². The fourth-order valence-electron chi connectivity index (χ4n) is 4.15. The molecule has 198 valence electrons. The average Bonchev–Trinajstić information content (AvgIpc) is 3.39. The van der Waals surface area contributed by atoms with E-state index in [-0.39, 0.29) is 16.4 Å². The summed E-state index contributed by atoms with van der Waals surface area (Å²) >= 11 is 0. The van der Waals surface area contributed by atoms with Crippen molar-refractivity contribution in [3.05, 3.63) is 83.9 Å². The minimum atomic E-state index is -4.02. The van der Waals surface area contributed by atoms with Crippen LogP contribution in [0.2, 0.25) is 0 Å². The lowest BCUT2D eigenvalue weighted by Gasteiger charge is -2.22. The summed E-state index contributed by atoms with van der Waals surface area (Å²) in [6, 6.07) is 19.3. The van der Waals surface area contributed by atoms with E-state index in [0.717, 1.165) is 11.6 Å². The molecule has 0 saturated carbocycles. The van der Waals surface area contributed by atoms with Crippen LogP contribution in [0.4, 0.5) is 11.4 Å².